The van der Waals surface area contributed by atoms with Gasteiger partial charge in [0.2, 0.25) is 0 Å². The summed E-state index contributed by atoms with van der Waals surface area (Å²) in [6.07, 6.45) is 0. The van der Waals surface area contributed by atoms with Crippen LogP contribution >= 0.6 is 0 Å². The molecule has 1 N–H and O–H groups in total. The van der Waals surface area contributed by atoms with Crippen LogP contribution in [0.15, 0.2) is 42.5 Å². The Morgan fingerprint density at radius 1 is 1.21 bits per heavy atom. The van der Waals surface area contributed by atoms with Crippen molar-refractivity contribution in [3.63, 3.8) is 0 Å². The Bertz CT molecular complexity index is 591. The van der Waals surface area contributed by atoms with Crippen LogP contribution in [0.1, 0.15) is 21.5 Å². The van der Waals surface area contributed by atoms with Crippen molar-refractivity contribution in [1.82, 2.24) is 0 Å². The van der Waals surface area contributed by atoms with Crippen molar-refractivity contribution in [3.8, 4) is 5.75 Å². The van der Waals surface area contributed by atoms with E-state index in [1.165, 1.54) is 12.1 Å². The first-order valence-corrected chi connectivity index (χ1v) is 5.77. The number of carboxylic acid groups (broad SMARTS) is 1. The number of hydrogen-bond acceptors (Lipinski definition) is 2. The number of benzene rings is 2. The Morgan fingerprint density at radius 2 is 1.89 bits per heavy atom. The molecule has 19 heavy (non-hydrogen) atoms. The van der Waals surface area contributed by atoms with Gasteiger partial charge in [-0.1, -0.05) is 29.8 Å². The Balaban J connectivity index is 2.15. The molecule has 0 aromatic heterocycles. The molecule has 0 amide bonds. The summed E-state index contributed by atoms with van der Waals surface area (Å²) < 4.78 is 18.4. The van der Waals surface area contributed by atoms with E-state index in [1.54, 1.807) is 0 Å². The number of hydrogen-bond donors (Lipinski definition) is 1. The maximum atomic E-state index is 13.0. The third kappa shape index (κ3) is 3.31. The van der Waals surface area contributed by atoms with Crippen LogP contribution in [0.3, 0.4) is 0 Å². The molecular weight excluding hydrogens is 247 g/mol. The fourth-order valence-corrected chi connectivity index (χ4v) is 1.64. The molecule has 0 aliphatic rings. The zero-order valence-corrected chi connectivity index (χ0v) is 10.4. The number of ether oxygens (including phenoxy) is 1. The van der Waals surface area contributed by atoms with Gasteiger partial charge in [-0.15, -0.1) is 0 Å². The van der Waals surface area contributed by atoms with Gasteiger partial charge in [0, 0.05) is 0 Å². The van der Waals surface area contributed by atoms with E-state index in [4.69, 9.17) is 9.84 Å². The molecule has 0 radical (unpaired) electrons. The lowest BCUT2D eigenvalue weighted by Gasteiger charge is -2.09. The molecule has 2 aromatic carbocycles. The van der Waals surface area contributed by atoms with Crippen LogP contribution in [0.4, 0.5) is 4.39 Å². The van der Waals surface area contributed by atoms with Crippen LogP contribution in [-0.4, -0.2) is 11.1 Å². The van der Waals surface area contributed by atoms with Crippen molar-refractivity contribution in [2.24, 2.45) is 0 Å². The van der Waals surface area contributed by atoms with Crippen LogP contribution < -0.4 is 4.74 Å². The summed E-state index contributed by atoms with van der Waals surface area (Å²) >= 11 is 0. The van der Waals surface area contributed by atoms with E-state index < -0.39 is 11.8 Å². The van der Waals surface area contributed by atoms with E-state index in [1.807, 2.05) is 31.2 Å². The molecule has 0 unspecified atom stereocenters. The monoisotopic (exact) mass is 260 g/mol. The lowest BCUT2D eigenvalue weighted by atomic mass is 10.1. The van der Waals surface area contributed by atoms with Crippen molar-refractivity contribution < 1.29 is 19.0 Å². The molecule has 3 nitrogen and oxygen atoms in total. The predicted molar refractivity (Wildman–Crippen MR) is 68.9 cm³/mol. The molecule has 0 heterocycles. The van der Waals surface area contributed by atoms with Gasteiger partial charge in [-0.25, -0.2) is 9.18 Å². The molecule has 0 saturated carbocycles. The third-order valence-corrected chi connectivity index (χ3v) is 2.69. The Hall–Kier alpha value is -2.36. The van der Waals surface area contributed by atoms with Gasteiger partial charge in [-0.05, 0) is 30.7 Å². The Labute approximate surface area is 110 Å². The molecular formula is C15H13FO3. The average molecular weight is 260 g/mol. The third-order valence-electron chi connectivity index (χ3n) is 2.69. The van der Waals surface area contributed by atoms with E-state index >= 15 is 0 Å². The Kier molecular flexibility index (Phi) is 3.80. The normalized spacial score (nSPS) is 10.2. The topological polar surface area (TPSA) is 46.5 Å². The van der Waals surface area contributed by atoms with Gasteiger partial charge < -0.3 is 9.84 Å². The van der Waals surface area contributed by atoms with Crippen LogP contribution in [0.2, 0.25) is 0 Å². The van der Waals surface area contributed by atoms with Crippen molar-refractivity contribution >= 4 is 5.97 Å². The first-order chi connectivity index (χ1) is 9.06. The van der Waals surface area contributed by atoms with Crippen LogP contribution in [-0.2, 0) is 6.61 Å². The van der Waals surface area contributed by atoms with Gasteiger partial charge in [0.25, 0.3) is 0 Å². The number of aryl methyl sites for hydroxylation is 1. The van der Waals surface area contributed by atoms with E-state index in [0.717, 1.165) is 17.2 Å². The van der Waals surface area contributed by atoms with Gasteiger partial charge in [0.05, 0.1) is 0 Å². The molecule has 0 saturated heterocycles. The largest absolute Gasteiger partial charge is 0.488 e. The number of carbonyl (C=O) groups is 1. The number of carboxylic acids is 1. The highest BCUT2D eigenvalue weighted by Crippen LogP contribution is 2.21. The van der Waals surface area contributed by atoms with Gasteiger partial charge >= 0.3 is 5.97 Å². The van der Waals surface area contributed by atoms with Crippen LogP contribution in [0.25, 0.3) is 0 Å². The second-order valence-electron chi connectivity index (χ2n) is 4.22. The molecule has 2 rings (SSSR count). The minimum atomic E-state index is -1.21. The predicted octanol–water partition coefficient (Wildman–Crippen LogP) is 3.41. The molecule has 98 valence electrons. The standard InChI is InChI=1S/C15H13FO3/c1-10-2-4-11(5-3-10)9-19-14-7-6-12(16)8-13(14)15(17)18/h2-8H,9H2,1H3,(H,17,18). The van der Waals surface area contributed by atoms with Crippen LogP contribution in [0.5, 0.6) is 5.75 Å². The van der Waals surface area contributed by atoms with Gasteiger partial charge in [0.15, 0.2) is 0 Å². The van der Waals surface area contributed by atoms with E-state index in [9.17, 15) is 9.18 Å². The first-order valence-electron chi connectivity index (χ1n) is 5.77. The SMILES string of the molecule is Cc1ccc(COc2ccc(F)cc2C(=O)O)cc1. The molecule has 0 spiro atoms. The number of rotatable bonds is 4. The van der Waals surface area contributed by atoms with Gasteiger partial charge in [-0.2, -0.15) is 0 Å². The van der Waals surface area contributed by atoms with Gasteiger partial charge in [0.1, 0.15) is 23.7 Å². The fourth-order valence-electron chi connectivity index (χ4n) is 1.64. The zero-order chi connectivity index (χ0) is 13.8. The molecule has 4 heteroatoms. The maximum absolute atomic E-state index is 13.0. The summed E-state index contributed by atoms with van der Waals surface area (Å²) in [5, 5.41) is 8.98. The second-order valence-corrected chi connectivity index (χ2v) is 4.22. The smallest absolute Gasteiger partial charge is 0.339 e. The summed E-state index contributed by atoms with van der Waals surface area (Å²) in [7, 11) is 0. The average Bonchev–Trinajstić information content (AvgIpc) is 2.39. The highest BCUT2D eigenvalue weighted by atomic mass is 19.1. The molecule has 2 aromatic rings. The Morgan fingerprint density at radius 3 is 2.53 bits per heavy atom. The number of halogens is 1. The lowest BCUT2D eigenvalue weighted by molar-refractivity contribution is 0.0691. The quantitative estimate of drug-likeness (QED) is 0.916. The maximum Gasteiger partial charge on any atom is 0.339 e. The highest BCUT2D eigenvalue weighted by Gasteiger charge is 2.12. The molecule has 0 aliphatic heterocycles. The fraction of sp³-hybridized carbons (Fsp3) is 0.133. The van der Waals surface area contributed by atoms with Crippen molar-refractivity contribution in [2.75, 3.05) is 0 Å². The van der Waals surface area contributed by atoms with Crippen molar-refractivity contribution in [1.29, 1.82) is 0 Å². The summed E-state index contributed by atoms with van der Waals surface area (Å²) in [6.45, 7) is 2.22. The molecule has 0 bridgehead atoms. The second kappa shape index (κ2) is 5.52. The van der Waals surface area contributed by atoms with E-state index in [0.29, 0.717) is 0 Å². The number of aromatic carboxylic acids is 1. The highest BCUT2D eigenvalue weighted by molar-refractivity contribution is 5.90. The summed E-state index contributed by atoms with van der Waals surface area (Å²) in [4.78, 5) is 11.0. The van der Waals surface area contributed by atoms with Crippen molar-refractivity contribution in [2.45, 2.75) is 13.5 Å². The van der Waals surface area contributed by atoms with Crippen molar-refractivity contribution in [3.05, 3.63) is 65.0 Å². The molecule has 0 fully saturated rings. The van der Waals surface area contributed by atoms with E-state index in [-0.39, 0.29) is 17.9 Å². The minimum Gasteiger partial charge on any atom is -0.488 e. The summed E-state index contributed by atoms with van der Waals surface area (Å²) in [5.74, 6) is -1.65. The lowest BCUT2D eigenvalue weighted by Crippen LogP contribution is -2.04. The molecule has 0 atom stereocenters. The van der Waals surface area contributed by atoms with Gasteiger partial charge in [-0.3, -0.25) is 0 Å². The summed E-state index contributed by atoms with van der Waals surface area (Å²) in [5.41, 5.74) is 1.88. The first kappa shape index (κ1) is 13.1. The van der Waals surface area contributed by atoms with E-state index in [2.05, 4.69) is 0 Å². The zero-order valence-electron chi connectivity index (χ0n) is 10.4. The summed E-state index contributed by atoms with van der Waals surface area (Å²) in [6, 6.07) is 11.2. The van der Waals surface area contributed by atoms with Crippen LogP contribution in [0, 0.1) is 12.7 Å². The minimum absolute atomic E-state index is 0.162. The molecule has 0 aliphatic carbocycles.